The highest BCUT2D eigenvalue weighted by molar-refractivity contribution is 5.91. The predicted molar refractivity (Wildman–Crippen MR) is 114 cm³/mol. The molecule has 4 rings (SSSR count). The van der Waals surface area contributed by atoms with Crippen molar-refractivity contribution >= 4 is 28.4 Å². The minimum absolute atomic E-state index is 0.647. The summed E-state index contributed by atoms with van der Waals surface area (Å²) < 4.78 is 0. The smallest absolute Gasteiger partial charge is 0.161 e. The van der Waals surface area contributed by atoms with E-state index in [0.717, 1.165) is 46.8 Å². The zero-order valence-corrected chi connectivity index (χ0v) is 16.0. The molecule has 0 aliphatic rings. The number of H-pyrrole nitrogens is 1. The second kappa shape index (κ2) is 8.06. The molecule has 142 valence electrons. The van der Waals surface area contributed by atoms with Crippen molar-refractivity contribution in [1.29, 1.82) is 0 Å². The normalized spacial score (nSPS) is 11.1. The molecule has 0 aliphatic heterocycles. The largest absolute Gasteiger partial charge is 0.367 e. The van der Waals surface area contributed by atoms with E-state index in [2.05, 4.69) is 48.1 Å². The number of rotatable bonds is 7. The summed E-state index contributed by atoms with van der Waals surface area (Å²) in [6, 6.07) is 20.2. The minimum atomic E-state index is 0.647. The molecule has 7 nitrogen and oxygen atoms in total. The third-order valence-corrected chi connectivity index (χ3v) is 4.45. The zero-order chi connectivity index (χ0) is 19.3. The maximum atomic E-state index is 4.43. The summed E-state index contributed by atoms with van der Waals surface area (Å²) in [5, 5.41) is 23.9. The van der Waals surface area contributed by atoms with Crippen molar-refractivity contribution in [2.75, 3.05) is 37.8 Å². The molecule has 0 spiro atoms. The monoisotopic (exact) mass is 373 g/mol. The van der Waals surface area contributed by atoms with Crippen molar-refractivity contribution in [3.05, 3.63) is 60.7 Å². The van der Waals surface area contributed by atoms with Crippen LogP contribution in [0.5, 0.6) is 0 Å². The van der Waals surface area contributed by atoms with Crippen LogP contribution in [0.3, 0.4) is 0 Å². The van der Waals surface area contributed by atoms with Gasteiger partial charge in [0.05, 0.1) is 5.52 Å². The molecule has 0 saturated carbocycles. The van der Waals surface area contributed by atoms with Gasteiger partial charge in [0.25, 0.3) is 0 Å². The summed E-state index contributed by atoms with van der Waals surface area (Å²) in [5.74, 6) is 2.15. The number of anilines is 3. The van der Waals surface area contributed by atoms with Crippen LogP contribution in [0.15, 0.2) is 60.7 Å². The quantitative estimate of drug-likeness (QED) is 0.458. The van der Waals surface area contributed by atoms with Gasteiger partial charge in [0.1, 0.15) is 0 Å². The van der Waals surface area contributed by atoms with E-state index in [9.17, 15) is 0 Å². The fourth-order valence-corrected chi connectivity index (χ4v) is 3.00. The molecule has 3 N–H and O–H groups in total. The lowest BCUT2D eigenvalue weighted by atomic mass is 10.1. The number of aromatic nitrogens is 4. The van der Waals surface area contributed by atoms with Crippen LogP contribution in [-0.4, -0.2) is 52.5 Å². The predicted octanol–water partition coefficient (Wildman–Crippen LogP) is 3.74. The van der Waals surface area contributed by atoms with Crippen molar-refractivity contribution in [2.45, 2.75) is 0 Å². The van der Waals surface area contributed by atoms with Gasteiger partial charge in [-0.3, -0.25) is 5.10 Å². The van der Waals surface area contributed by atoms with Crippen molar-refractivity contribution in [3.63, 3.8) is 0 Å². The van der Waals surface area contributed by atoms with E-state index < -0.39 is 0 Å². The highest BCUT2D eigenvalue weighted by atomic mass is 15.3. The Labute approximate surface area is 163 Å². The average Bonchev–Trinajstić information content (AvgIpc) is 3.12. The first-order chi connectivity index (χ1) is 13.7. The van der Waals surface area contributed by atoms with Crippen molar-refractivity contribution in [3.8, 4) is 11.1 Å². The lowest BCUT2D eigenvalue weighted by Gasteiger charge is -2.14. The number of fused-ring (bicyclic) bond motifs is 1. The van der Waals surface area contributed by atoms with E-state index in [-0.39, 0.29) is 0 Å². The molecule has 2 aromatic carbocycles. The molecule has 0 saturated heterocycles. The van der Waals surface area contributed by atoms with Crippen LogP contribution in [0, 0.1) is 0 Å². The second-order valence-electron chi connectivity index (χ2n) is 6.83. The first-order valence-corrected chi connectivity index (χ1v) is 9.22. The van der Waals surface area contributed by atoms with Crippen molar-refractivity contribution in [2.24, 2.45) is 0 Å². The van der Waals surface area contributed by atoms with Gasteiger partial charge in [-0.05, 0) is 37.9 Å². The molecule has 0 atom stereocenters. The summed E-state index contributed by atoms with van der Waals surface area (Å²) in [7, 11) is 4.10. The van der Waals surface area contributed by atoms with Crippen LogP contribution in [0.2, 0.25) is 0 Å². The Morgan fingerprint density at radius 1 is 0.929 bits per heavy atom. The summed E-state index contributed by atoms with van der Waals surface area (Å²) in [6.07, 6.45) is 0. The first kappa shape index (κ1) is 17.9. The Bertz CT molecular complexity index is 1060. The van der Waals surface area contributed by atoms with Gasteiger partial charge in [0, 0.05) is 24.0 Å². The molecule has 2 aromatic heterocycles. The van der Waals surface area contributed by atoms with Crippen molar-refractivity contribution in [1.82, 2.24) is 25.3 Å². The molecular weight excluding hydrogens is 350 g/mol. The van der Waals surface area contributed by atoms with E-state index in [1.165, 1.54) is 0 Å². The Hall–Kier alpha value is -3.45. The third kappa shape index (κ3) is 3.94. The Morgan fingerprint density at radius 3 is 2.54 bits per heavy atom. The molecule has 0 unspecified atom stereocenters. The summed E-state index contributed by atoms with van der Waals surface area (Å²) in [5.41, 5.74) is 3.06. The number of hydrogen-bond donors (Lipinski definition) is 3. The number of hydrogen-bond acceptors (Lipinski definition) is 6. The maximum Gasteiger partial charge on any atom is 0.161 e. The fraction of sp³-hybridized carbons (Fsp3) is 0.190. The molecule has 0 fully saturated rings. The van der Waals surface area contributed by atoms with E-state index in [1.807, 2.05) is 62.6 Å². The molecule has 28 heavy (non-hydrogen) atoms. The van der Waals surface area contributed by atoms with E-state index in [0.29, 0.717) is 5.82 Å². The maximum absolute atomic E-state index is 4.43. The standard InChI is InChI=1S/C21H23N7/c1-28(2)13-12-22-20-17(15-8-4-3-5-9-15)14-19(25-26-20)23-21-16-10-6-7-11-18(16)24-27-21/h3-11,14H,12-13H2,1-2H3,(H,22,26)(H2,23,24,25,27). The van der Waals surface area contributed by atoms with Gasteiger partial charge in [-0.1, -0.05) is 42.5 Å². The van der Waals surface area contributed by atoms with Crippen LogP contribution in [0.4, 0.5) is 17.5 Å². The van der Waals surface area contributed by atoms with Gasteiger partial charge in [-0.25, -0.2) is 0 Å². The summed E-state index contributed by atoms with van der Waals surface area (Å²) in [4.78, 5) is 2.13. The zero-order valence-electron chi connectivity index (χ0n) is 16.0. The molecular formula is C21H23N7. The number of likely N-dealkylation sites (N-methyl/N-ethyl adjacent to an activating group) is 1. The highest BCUT2D eigenvalue weighted by Crippen LogP contribution is 2.29. The lowest BCUT2D eigenvalue weighted by molar-refractivity contribution is 0.425. The SMILES string of the molecule is CN(C)CCNc1nnc(Nc2n[nH]c3ccccc23)cc1-c1ccccc1. The highest BCUT2D eigenvalue weighted by Gasteiger charge is 2.12. The van der Waals surface area contributed by atoms with Crippen LogP contribution >= 0.6 is 0 Å². The molecule has 0 aliphatic carbocycles. The topological polar surface area (TPSA) is 81.8 Å². The molecule has 0 radical (unpaired) electrons. The number of nitrogens with zero attached hydrogens (tertiary/aromatic N) is 4. The van der Waals surface area contributed by atoms with Gasteiger partial charge < -0.3 is 15.5 Å². The average molecular weight is 373 g/mol. The van der Waals surface area contributed by atoms with Crippen LogP contribution in [-0.2, 0) is 0 Å². The lowest BCUT2D eigenvalue weighted by Crippen LogP contribution is -2.21. The Kier molecular flexibility index (Phi) is 5.16. The summed E-state index contributed by atoms with van der Waals surface area (Å²) in [6.45, 7) is 1.70. The molecule has 0 amide bonds. The van der Waals surface area contributed by atoms with Gasteiger partial charge in [-0.15, -0.1) is 10.2 Å². The van der Waals surface area contributed by atoms with Gasteiger partial charge in [0.15, 0.2) is 17.5 Å². The molecule has 4 aromatic rings. The number of para-hydroxylation sites is 1. The van der Waals surface area contributed by atoms with Gasteiger partial charge in [-0.2, -0.15) is 5.10 Å². The molecule has 7 heteroatoms. The summed E-state index contributed by atoms with van der Waals surface area (Å²) >= 11 is 0. The second-order valence-corrected chi connectivity index (χ2v) is 6.83. The molecule has 2 heterocycles. The fourth-order valence-electron chi connectivity index (χ4n) is 3.00. The van der Waals surface area contributed by atoms with Crippen LogP contribution < -0.4 is 10.6 Å². The van der Waals surface area contributed by atoms with E-state index in [1.54, 1.807) is 0 Å². The number of benzene rings is 2. The van der Waals surface area contributed by atoms with Crippen LogP contribution in [0.25, 0.3) is 22.0 Å². The first-order valence-electron chi connectivity index (χ1n) is 9.22. The number of nitrogens with one attached hydrogen (secondary N) is 3. The Morgan fingerprint density at radius 2 is 1.71 bits per heavy atom. The van der Waals surface area contributed by atoms with E-state index >= 15 is 0 Å². The van der Waals surface area contributed by atoms with Gasteiger partial charge >= 0.3 is 0 Å². The Balaban J connectivity index is 1.65. The van der Waals surface area contributed by atoms with Crippen LogP contribution in [0.1, 0.15) is 0 Å². The number of aromatic amines is 1. The molecule has 0 bridgehead atoms. The third-order valence-electron chi connectivity index (χ3n) is 4.45. The van der Waals surface area contributed by atoms with Gasteiger partial charge in [0.2, 0.25) is 0 Å². The van der Waals surface area contributed by atoms with Crippen molar-refractivity contribution < 1.29 is 0 Å². The van der Waals surface area contributed by atoms with E-state index in [4.69, 9.17) is 0 Å². The minimum Gasteiger partial charge on any atom is -0.367 e.